The van der Waals surface area contributed by atoms with Gasteiger partial charge >= 0.3 is 10.2 Å². The number of hydrogen-bond acceptors (Lipinski definition) is 6. The summed E-state index contributed by atoms with van der Waals surface area (Å²) >= 11 is 0. The van der Waals surface area contributed by atoms with Crippen LogP contribution in [0.5, 0.6) is 5.75 Å². The van der Waals surface area contributed by atoms with Gasteiger partial charge in [-0.05, 0) is 19.4 Å². The lowest BCUT2D eigenvalue weighted by Crippen LogP contribution is -2.31. The van der Waals surface area contributed by atoms with Gasteiger partial charge in [0.25, 0.3) is 5.91 Å². The molecule has 2 aliphatic heterocycles. The molecule has 10 heteroatoms. The molecule has 4 N–H and O–H groups in total. The summed E-state index contributed by atoms with van der Waals surface area (Å²) in [6.07, 6.45) is 1.34. The Hall–Kier alpha value is -2.07. The number of hydrogen-bond donors (Lipinski definition) is 4. The van der Waals surface area contributed by atoms with E-state index in [2.05, 4.69) is 10.6 Å². The minimum absolute atomic E-state index is 0.0503. The highest BCUT2D eigenvalue weighted by atomic mass is 32.2. The molecule has 8 nitrogen and oxygen atoms in total. The fourth-order valence-corrected chi connectivity index (χ4v) is 4.13. The molecule has 3 rings (SSSR count). The number of phenols is 1. The lowest BCUT2D eigenvalue weighted by molar-refractivity contribution is -0.117. The van der Waals surface area contributed by atoms with Crippen LogP contribution < -0.4 is 19.7 Å². The van der Waals surface area contributed by atoms with Gasteiger partial charge < -0.3 is 15.7 Å². The van der Waals surface area contributed by atoms with Crippen molar-refractivity contribution in [2.75, 3.05) is 29.3 Å². The van der Waals surface area contributed by atoms with Crippen molar-refractivity contribution in [3.8, 4) is 5.75 Å². The molecule has 0 spiro atoms. The number of amides is 1. The van der Waals surface area contributed by atoms with E-state index in [1.807, 2.05) is 6.92 Å². The number of aromatic hydroxyl groups is 1. The van der Waals surface area contributed by atoms with Gasteiger partial charge in [-0.15, -0.1) is 0 Å². The van der Waals surface area contributed by atoms with Crippen LogP contribution in [0.4, 0.5) is 15.8 Å². The number of carbonyl (C=O) groups excluding carboxylic acids is 1. The van der Waals surface area contributed by atoms with Crippen LogP contribution in [-0.2, 0) is 21.4 Å². The average molecular weight is 358 g/mol. The van der Waals surface area contributed by atoms with Crippen molar-refractivity contribution in [1.29, 1.82) is 0 Å². The minimum Gasteiger partial charge on any atom is -0.506 e. The zero-order valence-corrected chi connectivity index (χ0v) is 13.9. The van der Waals surface area contributed by atoms with E-state index >= 15 is 0 Å². The molecule has 1 fully saturated rings. The molecule has 132 valence electrons. The quantitative estimate of drug-likeness (QED) is 0.554. The predicted molar refractivity (Wildman–Crippen MR) is 86.7 cm³/mol. The van der Waals surface area contributed by atoms with Crippen LogP contribution in [0.15, 0.2) is 6.07 Å². The molecule has 0 saturated carbocycles. The van der Waals surface area contributed by atoms with Gasteiger partial charge in [0.05, 0.1) is 0 Å². The van der Waals surface area contributed by atoms with Gasteiger partial charge in [0.1, 0.15) is 18.0 Å². The predicted octanol–water partition coefficient (Wildman–Crippen LogP) is 0.0485. The molecule has 1 aromatic carbocycles. The maximum Gasteiger partial charge on any atom is 0.326 e. The van der Waals surface area contributed by atoms with Crippen LogP contribution in [0.2, 0.25) is 0 Å². The number of anilines is 2. The van der Waals surface area contributed by atoms with Gasteiger partial charge in [-0.25, -0.2) is 13.4 Å². The number of fused-ring (bicyclic) bond motifs is 1. The summed E-state index contributed by atoms with van der Waals surface area (Å²) < 4.78 is 41.0. The Morgan fingerprint density at radius 1 is 1.50 bits per heavy atom. The Morgan fingerprint density at radius 3 is 2.88 bits per heavy atom. The molecule has 0 aliphatic carbocycles. The second-order valence-corrected chi connectivity index (χ2v) is 7.47. The van der Waals surface area contributed by atoms with Crippen molar-refractivity contribution in [3.63, 3.8) is 0 Å². The number of phenolic OH excluding ortho intramolecular Hbond substituents is 1. The first-order valence-electron chi connectivity index (χ1n) is 7.68. The third-order valence-electron chi connectivity index (χ3n) is 4.02. The van der Waals surface area contributed by atoms with Crippen LogP contribution >= 0.6 is 0 Å². The van der Waals surface area contributed by atoms with Crippen molar-refractivity contribution in [2.45, 2.75) is 25.8 Å². The summed E-state index contributed by atoms with van der Waals surface area (Å²) in [4.78, 5) is 11.3. The smallest absolute Gasteiger partial charge is 0.326 e. The standard InChI is InChI=1S/C14H19FN4O4S/c1-2-3-16-6-8-4-9-10(17-8)5-11(20)14(13(9)15)19-7-12(21)18-24(19,22)23/h5,8,16-17,20H,2-4,6-7H2,1H3,(H,18,21)/t8-/m1/s1. The number of nitrogens with one attached hydrogen (secondary N) is 3. The molecule has 0 radical (unpaired) electrons. The largest absolute Gasteiger partial charge is 0.506 e. The SMILES string of the molecule is CCCNC[C@H]1Cc2c(cc(O)c(N3CC(=O)NS3(=O)=O)c2F)N1. The minimum atomic E-state index is -4.18. The van der Waals surface area contributed by atoms with Crippen molar-refractivity contribution < 1.29 is 22.7 Å². The molecule has 2 aliphatic rings. The Bertz CT molecular complexity index is 783. The van der Waals surface area contributed by atoms with Gasteiger partial charge in [0, 0.05) is 29.9 Å². The summed E-state index contributed by atoms with van der Waals surface area (Å²) in [6, 6.07) is 1.25. The first-order valence-corrected chi connectivity index (χ1v) is 9.12. The molecule has 1 aromatic rings. The van der Waals surface area contributed by atoms with E-state index in [0.29, 0.717) is 28.5 Å². The zero-order chi connectivity index (χ0) is 17.5. The van der Waals surface area contributed by atoms with Crippen molar-refractivity contribution in [1.82, 2.24) is 10.0 Å². The molecule has 1 amide bonds. The highest BCUT2D eigenvalue weighted by molar-refractivity contribution is 7.92. The van der Waals surface area contributed by atoms with Crippen LogP contribution in [0.1, 0.15) is 18.9 Å². The lowest BCUT2D eigenvalue weighted by Gasteiger charge is -2.18. The normalized spacial score (nSPS) is 21.5. The van der Waals surface area contributed by atoms with Gasteiger partial charge in [-0.1, -0.05) is 6.92 Å². The van der Waals surface area contributed by atoms with Crippen molar-refractivity contribution in [2.24, 2.45) is 0 Å². The summed E-state index contributed by atoms with van der Waals surface area (Å²) in [5.41, 5.74) is 0.254. The number of benzene rings is 1. The summed E-state index contributed by atoms with van der Waals surface area (Å²) in [7, 11) is -4.18. The second-order valence-electron chi connectivity index (χ2n) is 5.87. The second kappa shape index (κ2) is 6.10. The van der Waals surface area contributed by atoms with Crippen molar-refractivity contribution >= 4 is 27.5 Å². The van der Waals surface area contributed by atoms with E-state index in [0.717, 1.165) is 13.0 Å². The van der Waals surface area contributed by atoms with Crippen LogP contribution in [0.3, 0.4) is 0 Å². The summed E-state index contributed by atoms with van der Waals surface area (Å²) in [5.74, 6) is -2.12. The fraction of sp³-hybridized carbons (Fsp3) is 0.500. The van der Waals surface area contributed by atoms with Crippen LogP contribution in [0.25, 0.3) is 0 Å². The maximum absolute atomic E-state index is 14.9. The van der Waals surface area contributed by atoms with Crippen LogP contribution in [-0.4, -0.2) is 45.1 Å². The third-order valence-corrected chi connectivity index (χ3v) is 5.40. The van der Waals surface area contributed by atoms with E-state index in [9.17, 15) is 22.7 Å². The van der Waals surface area contributed by atoms with E-state index in [1.54, 1.807) is 4.72 Å². The van der Waals surface area contributed by atoms with Crippen LogP contribution in [0, 0.1) is 5.82 Å². The molecule has 1 saturated heterocycles. The first kappa shape index (κ1) is 16.8. The maximum atomic E-state index is 14.9. The molecule has 2 heterocycles. The lowest BCUT2D eigenvalue weighted by atomic mass is 10.1. The number of halogens is 1. The summed E-state index contributed by atoms with van der Waals surface area (Å²) in [6.45, 7) is 2.95. The van der Waals surface area contributed by atoms with E-state index in [4.69, 9.17) is 0 Å². The molecule has 0 aromatic heterocycles. The molecule has 0 bridgehead atoms. The molecule has 0 unspecified atom stereocenters. The molecular formula is C14H19FN4O4S. The summed E-state index contributed by atoms with van der Waals surface area (Å²) in [5, 5.41) is 16.4. The average Bonchev–Trinajstić information content (AvgIpc) is 3.00. The number of carbonyl (C=O) groups is 1. The van der Waals surface area contributed by atoms with E-state index < -0.39 is 39.9 Å². The van der Waals surface area contributed by atoms with Crippen molar-refractivity contribution in [3.05, 3.63) is 17.4 Å². The first-order chi connectivity index (χ1) is 11.3. The zero-order valence-electron chi connectivity index (χ0n) is 13.1. The Kier molecular flexibility index (Phi) is 4.26. The topological polar surface area (TPSA) is 111 Å². The van der Waals surface area contributed by atoms with Gasteiger partial charge in [0.15, 0.2) is 5.82 Å². The van der Waals surface area contributed by atoms with Gasteiger partial charge in [-0.2, -0.15) is 8.42 Å². The number of nitrogens with zero attached hydrogens (tertiary/aromatic N) is 1. The highest BCUT2D eigenvalue weighted by Crippen LogP contribution is 2.41. The Morgan fingerprint density at radius 2 is 2.25 bits per heavy atom. The van der Waals surface area contributed by atoms with E-state index in [1.165, 1.54) is 6.07 Å². The molecule has 1 atom stereocenters. The Labute approximate surface area is 139 Å². The third kappa shape index (κ3) is 2.86. The Balaban J connectivity index is 1.91. The monoisotopic (exact) mass is 358 g/mol. The van der Waals surface area contributed by atoms with Gasteiger partial charge in [0.2, 0.25) is 0 Å². The number of rotatable bonds is 5. The highest BCUT2D eigenvalue weighted by Gasteiger charge is 2.39. The fourth-order valence-electron chi connectivity index (χ4n) is 2.97. The van der Waals surface area contributed by atoms with Gasteiger partial charge in [-0.3, -0.25) is 4.79 Å². The van der Waals surface area contributed by atoms with E-state index in [-0.39, 0.29) is 6.04 Å². The molecule has 24 heavy (non-hydrogen) atoms. The molecular weight excluding hydrogens is 339 g/mol.